The Morgan fingerprint density at radius 2 is 1.43 bits per heavy atom. The second-order valence-corrected chi connectivity index (χ2v) is 4.44. The molecule has 0 fully saturated rings. The van der Waals surface area contributed by atoms with E-state index in [4.69, 9.17) is 0 Å². The van der Waals surface area contributed by atoms with Crippen LogP contribution in [-0.4, -0.2) is 18.5 Å². The molecule has 0 unspecified atom stereocenters. The van der Waals surface area contributed by atoms with Crippen LogP contribution in [0.1, 0.15) is 5.56 Å². The molecule has 0 saturated heterocycles. The maximum absolute atomic E-state index is 11.6. The number of benzene rings is 2. The fourth-order valence-corrected chi connectivity index (χ4v) is 1.72. The first-order valence-corrected chi connectivity index (χ1v) is 6.64. The van der Waals surface area contributed by atoms with Crippen molar-refractivity contribution in [2.45, 2.75) is 6.54 Å². The van der Waals surface area contributed by atoms with E-state index in [9.17, 15) is 9.59 Å². The molecule has 0 bridgehead atoms. The number of rotatable bonds is 5. The van der Waals surface area contributed by atoms with Gasteiger partial charge in [-0.1, -0.05) is 48.5 Å². The van der Waals surface area contributed by atoms with E-state index in [1.54, 1.807) is 12.1 Å². The molecule has 108 valence electrons. The van der Waals surface area contributed by atoms with E-state index in [2.05, 4.69) is 16.0 Å². The fraction of sp³-hybridized carbons (Fsp3) is 0.125. The lowest BCUT2D eigenvalue weighted by atomic mass is 10.2. The first-order valence-electron chi connectivity index (χ1n) is 6.64. The van der Waals surface area contributed by atoms with Gasteiger partial charge in [-0.15, -0.1) is 0 Å². The molecule has 3 N–H and O–H groups in total. The molecule has 5 heteroatoms. The quantitative estimate of drug-likeness (QED) is 0.786. The Labute approximate surface area is 123 Å². The molecule has 2 rings (SSSR count). The van der Waals surface area contributed by atoms with Crippen LogP contribution >= 0.6 is 0 Å². The minimum Gasteiger partial charge on any atom is -0.350 e. The minimum absolute atomic E-state index is 0.0640. The number of anilines is 1. The SMILES string of the molecule is O=C(CNC(=O)Nc1ccccc1)NCc1ccccc1. The number of hydrogen-bond donors (Lipinski definition) is 3. The lowest BCUT2D eigenvalue weighted by molar-refractivity contribution is -0.120. The van der Waals surface area contributed by atoms with Crippen molar-refractivity contribution in [2.75, 3.05) is 11.9 Å². The normalized spacial score (nSPS) is 9.71. The summed E-state index contributed by atoms with van der Waals surface area (Å²) in [7, 11) is 0. The molecule has 0 spiro atoms. The summed E-state index contributed by atoms with van der Waals surface area (Å²) in [5, 5.41) is 7.88. The monoisotopic (exact) mass is 283 g/mol. The van der Waals surface area contributed by atoms with Crippen LogP contribution in [0.25, 0.3) is 0 Å². The maximum Gasteiger partial charge on any atom is 0.319 e. The average Bonchev–Trinajstić information content (AvgIpc) is 2.53. The molecule has 3 amide bonds. The third kappa shape index (κ3) is 5.36. The number of para-hydroxylation sites is 1. The van der Waals surface area contributed by atoms with Crippen LogP contribution in [0, 0.1) is 0 Å². The molecule has 0 aliphatic carbocycles. The molecule has 0 aromatic heterocycles. The Kier molecular flexibility index (Phi) is 5.34. The van der Waals surface area contributed by atoms with E-state index in [1.165, 1.54) is 0 Å². The zero-order valence-electron chi connectivity index (χ0n) is 11.5. The van der Waals surface area contributed by atoms with E-state index in [0.29, 0.717) is 12.2 Å². The number of carbonyl (C=O) groups excluding carboxylic acids is 2. The molecule has 2 aromatic carbocycles. The highest BCUT2D eigenvalue weighted by Crippen LogP contribution is 2.03. The molecule has 21 heavy (non-hydrogen) atoms. The summed E-state index contributed by atoms with van der Waals surface area (Å²) in [6, 6.07) is 18.2. The summed E-state index contributed by atoms with van der Waals surface area (Å²) < 4.78 is 0. The zero-order valence-corrected chi connectivity index (χ0v) is 11.5. The lowest BCUT2D eigenvalue weighted by Crippen LogP contribution is -2.38. The van der Waals surface area contributed by atoms with Gasteiger partial charge in [0.2, 0.25) is 5.91 Å². The van der Waals surface area contributed by atoms with Crippen LogP contribution in [0.15, 0.2) is 60.7 Å². The Hall–Kier alpha value is -2.82. The average molecular weight is 283 g/mol. The number of amides is 3. The summed E-state index contributed by atoms with van der Waals surface area (Å²) >= 11 is 0. The van der Waals surface area contributed by atoms with Gasteiger partial charge in [0.25, 0.3) is 0 Å². The van der Waals surface area contributed by atoms with Gasteiger partial charge >= 0.3 is 6.03 Å². The first kappa shape index (κ1) is 14.6. The van der Waals surface area contributed by atoms with Gasteiger partial charge in [-0.2, -0.15) is 0 Å². The number of carbonyl (C=O) groups is 2. The third-order valence-electron chi connectivity index (χ3n) is 2.77. The van der Waals surface area contributed by atoms with Crippen LogP contribution < -0.4 is 16.0 Å². The summed E-state index contributed by atoms with van der Waals surface area (Å²) in [5.41, 5.74) is 1.69. The maximum atomic E-state index is 11.6. The summed E-state index contributed by atoms with van der Waals surface area (Å²) in [6.07, 6.45) is 0. The molecule has 0 saturated carbocycles. The lowest BCUT2D eigenvalue weighted by Gasteiger charge is -2.08. The van der Waals surface area contributed by atoms with E-state index in [0.717, 1.165) is 5.56 Å². The van der Waals surface area contributed by atoms with Crippen molar-refractivity contribution in [1.82, 2.24) is 10.6 Å². The van der Waals surface area contributed by atoms with Crippen molar-refractivity contribution < 1.29 is 9.59 Å². The molecule has 0 atom stereocenters. The number of hydrogen-bond acceptors (Lipinski definition) is 2. The van der Waals surface area contributed by atoms with Crippen LogP contribution in [0.5, 0.6) is 0 Å². The highest BCUT2D eigenvalue weighted by molar-refractivity contribution is 5.92. The molecular formula is C16H17N3O2. The third-order valence-corrected chi connectivity index (χ3v) is 2.77. The van der Waals surface area contributed by atoms with Crippen molar-refractivity contribution in [3.05, 3.63) is 66.2 Å². The highest BCUT2D eigenvalue weighted by atomic mass is 16.2. The van der Waals surface area contributed by atoms with Gasteiger partial charge in [-0.3, -0.25) is 4.79 Å². The molecular weight excluding hydrogens is 266 g/mol. The second-order valence-electron chi connectivity index (χ2n) is 4.44. The van der Waals surface area contributed by atoms with E-state index < -0.39 is 6.03 Å². The van der Waals surface area contributed by atoms with Crippen LogP contribution in [0.2, 0.25) is 0 Å². The number of urea groups is 1. The molecule has 0 aliphatic rings. The van der Waals surface area contributed by atoms with Crippen LogP contribution in [-0.2, 0) is 11.3 Å². The van der Waals surface area contributed by atoms with Crippen LogP contribution in [0.3, 0.4) is 0 Å². The van der Waals surface area contributed by atoms with E-state index >= 15 is 0 Å². The topological polar surface area (TPSA) is 70.2 Å². The summed E-state index contributed by atoms with van der Waals surface area (Å²) in [6.45, 7) is 0.382. The van der Waals surface area contributed by atoms with E-state index in [-0.39, 0.29) is 12.5 Å². The predicted molar refractivity (Wildman–Crippen MR) is 81.8 cm³/mol. The van der Waals surface area contributed by atoms with E-state index in [1.807, 2.05) is 48.5 Å². The van der Waals surface area contributed by atoms with Gasteiger partial charge in [-0.05, 0) is 17.7 Å². The molecule has 0 heterocycles. The predicted octanol–water partition coefficient (Wildman–Crippen LogP) is 2.12. The molecule has 0 aliphatic heterocycles. The largest absolute Gasteiger partial charge is 0.350 e. The standard InChI is InChI=1S/C16H17N3O2/c20-15(17-11-13-7-3-1-4-8-13)12-18-16(21)19-14-9-5-2-6-10-14/h1-10H,11-12H2,(H,17,20)(H2,18,19,21). The second kappa shape index (κ2) is 7.69. The fourth-order valence-electron chi connectivity index (χ4n) is 1.72. The molecule has 2 aromatic rings. The smallest absolute Gasteiger partial charge is 0.319 e. The first-order chi connectivity index (χ1) is 10.2. The van der Waals surface area contributed by atoms with Gasteiger partial charge in [0.05, 0.1) is 6.54 Å². The zero-order chi connectivity index (χ0) is 14.9. The van der Waals surface area contributed by atoms with Crippen LogP contribution in [0.4, 0.5) is 10.5 Å². The molecule has 0 radical (unpaired) electrons. The van der Waals surface area contributed by atoms with Crippen molar-refractivity contribution in [3.8, 4) is 0 Å². The summed E-state index contributed by atoms with van der Waals surface area (Å²) in [5.74, 6) is -0.234. The van der Waals surface area contributed by atoms with Crippen molar-refractivity contribution >= 4 is 17.6 Å². The number of nitrogens with one attached hydrogen (secondary N) is 3. The van der Waals surface area contributed by atoms with Crippen molar-refractivity contribution in [2.24, 2.45) is 0 Å². The Morgan fingerprint density at radius 3 is 2.10 bits per heavy atom. The van der Waals surface area contributed by atoms with Gasteiger partial charge < -0.3 is 16.0 Å². The van der Waals surface area contributed by atoms with Gasteiger partial charge in [-0.25, -0.2) is 4.79 Å². The van der Waals surface area contributed by atoms with Gasteiger partial charge in [0.15, 0.2) is 0 Å². The van der Waals surface area contributed by atoms with Crippen molar-refractivity contribution in [3.63, 3.8) is 0 Å². The summed E-state index contributed by atoms with van der Waals surface area (Å²) in [4.78, 5) is 23.2. The van der Waals surface area contributed by atoms with Gasteiger partial charge in [0, 0.05) is 12.2 Å². The Bertz CT molecular complexity index is 585. The Balaban J connectivity index is 1.68. The molecule has 5 nitrogen and oxygen atoms in total. The highest BCUT2D eigenvalue weighted by Gasteiger charge is 2.05. The minimum atomic E-state index is -0.406. The van der Waals surface area contributed by atoms with Crippen molar-refractivity contribution in [1.29, 1.82) is 0 Å². The van der Waals surface area contributed by atoms with Gasteiger partial charge in [0.1, 0.15) is 0 Å². The Morgan fingerprint density at radius 1 is 0.810 bits per heavy atom.